The maximum Gasteiger partial charge on any atom is 0.134 e. The van der Waals surface area contributed by atoms with Gasteiger partial charge < -0.3 is 9.73 Å². The Morgan fingerprint density at radius 3 is 2.58 bits per heavy atom. The second kappa shape index (κ2) is 6.78. The average molecular weight is 278 g/mol. The van der Waals surface area contributed by atoms with Gasteiger partial charge >= 0.3 is 0 Å². The zero-order chi connectivity index (χ0) is 13.7. The summed E-state index contributed by atoms with van der Waals surface area (Å²) in [7, 11) is 0. The van der Waals surface area contributed by atoms with Gasteiger partial charge in [-0.05, 0) is 56.3 Å². The molecule has 1 atom stereocenters. The Morgan fingerprint density at radius 1 is 1.16 bits per heavy atom. The monoisotopic (exact) mass is 277 g/mol. The van der Waals surface area contributed by atoms with Crippen molar-refractivity contribution in [1.29, 1.82) is 0 Å². The molecule has 0 fully saturated rings. The molecule has 2 aromatic rings. The highest BCUT2D eigenvalue weighted by Crippen LogP contribution is 2.24. The Kier molecular flexibility index (Phi) is 5.06. The van der Waals surface area contributed by atoms with Crippen molar-refractivity contribution in [2.24, 2.45) is 0 Å². The third-order valence-electron chi connectivity index (χ3n) is 3.04. The van der Waals surface area contributed by atoms with Gasteiger partial charge in [-0.1, -0.05) is 18.5 Å². The molecule has 2 rings (SSSR count). The van der Waals surface area contributed by atoms with E-state index in [1.807, 2.05) is 36.4 Å². The van der Waals surface area contributed by atoms with Gasteiger partial charge in [0.25, 0.3) is 0 Å². The van der Waals surface area contributed by atoms with Gasteiger partial charge in [0.1, 0.15) is 11.5 Å². The zero-order valence-electron chi connectivity index (χ0n) is 11.4. The molecule has 2 nitrogen and oxygen atoms in total. The molecule has 0 saturated carbocycles. The van der Waals surface area contributed by atoms with Gasteiger partial charge in [-0.15, -0.1) is 0 Å². The summed E-state index contributed by atoms with van der Waals surface area (Å²) in [4.78, 5) is 0. The number of hydrogen-bond acceptors (Lipinski definition) is 2. The molecule has 0 amide bonds. The minimum absolute atomic E-state index is 0.434. The third-order valence-corrected chi connectivity index (χ3v) is 3.29. The van der Waals surface area contributed by atoms with E-state index in [1.165, 1.54) is 0 Å². The van der Waals surface area contributed by atoms with Crippen LogP contribution in [0, 0.1) is 0 Å². The lowest BCUT2D eigenvalue weighted by Gasteiger charge is -2.10. The minimum Gasteiger partial charge on any atom is -0.461 e. The number of furan rings is 1. The third kappa shape index (κ3) is 4.12. The van der Waals surface area contributed by atoms with E-state index in [0.717, 1.165) is 41.5 Å². The maximum absolute atomic E-state index is 5.88. The van der Waals surface area contributed by atoms with Crippen LogP contribution in [-0.4, -0.2) is 12.6 Å². The predicted octanol–water partition coefficient (Wildman–Crippen LogP) is 4.53. The highest BCUT2D eigenvalue weighted by molar-refractivity contribution is 6.30. The Balaban J connectivity index is 2.00. The van der Waals surface area contributed by atoms with E-state index in [1.54, 1.807) is 0 Å². The molecule has 0 bridgehead atoms. The van der Waals surface area contributed by atoms with Crippen LogP contribution < -0.4 is 5.32 Å². The lowest BCUT2D eigenvalue weighted by Crippen LogP contribution is -2.28. The molecule has 0 aliphatic carbocycles. The van der Waals surface area contributed by atoms with Crippen molar-refractivity contribution in [3.05, 3.63) is 47.2 Å². The van der Waals surface area contributed by atoms with E-state index >= 15 is 0 Å². The summed E-state index contributed by atoms with van der Waals surface area (Å²) in [5.74, 6) is 1.91. The van der Waals surface area contributed by atoms with E-state index in [0.29, 0.717) is 6.04 Å². The SMILES string of the molecule is CCCNC(C)Cc1ccc(-c2ccc(Cl)cc2)o1. The van der Waals surface area contributed by atoms with Crippen molar-refractivity contribution in [2.45, 2.75) is 32.7 Å². The van der Waals surface area contributed by atoms with Crippen LogP contribution in [-0.2, 0) is 6.42 Å². The Labute approximate surface area is 119 Å². The van der Waals surface area contributed by atoms with Crippen LogP contribution in [0.15, 0.2) is 40.8 Å². The van der Waals surface area contributed by atoms with Crippen LogP contribution in [0.3, 0.4) is 0 Å². The van der Waals surface area contributed by atoms with Gasteiger partial charge in [0, 0.05) is 23.0 Å². The van der Waals surface area contributed by atoms with Crippen molar-refractivity contribution in [3.8, 4) is 11.3 Å². The molecule has 0 aliphatic heterocycles. The van der Waals surface area contributed by atoms with Crippen molar-refractivity contribution in [2.75, 3.05) is 6.54 Å². The lowest BCUT2D eigenvalue weighted by atomic mass is 10.2. The predicted molar refractivity (Wildman–Crippen MR) is 80.6 cm³/mol. The quantitative estimate of drug-likeness (QED) is 0.839. The van der Waals surface area contributed by atoms with Crippen molar-refractivity contribution < 1.29 is 4.42 Å². The summed E-state index contributed by atoms with van der Waals surface area (Å²) in [5.41, 5.74) is 1.06. The molecule has 0 saturated heterocycles. The first-order valence-corrected chi connectivity index (χ1v) is 7.15. The van der Waals surface area contributed by atoms with Crippen LogP contribution in [0.25, 0.3) is 11.3 Å². The van der Waals surface area contributed by atoms with Crippen molar-refractivity contribution in [1.82, 2.24) is 5.32 Å². The summed E-state index contributed by atoms with van der Waals surface area (Å²) in [6.45, 7) is 5.40. The smallest absolute Gasteiger partial charge is 0.134 e. The van der Waals surface area contributed by atoms with Crippen LogP contribution >= 0.6 is 11.6 Å². The van der Waals surface area contributed by atoms with Gasteiger partial charge in [0.15, 0.2) is 0 Å². The van der Waals surface area contributed by atoms with Gasteiger partial charge in [-0.25, -0.2) is 0 Å². The molecular formula is C16H20ClNO. The summed E-state index contributed by atoms with van der Waals surface area (Å²) >= 11 is 5.88. The molecule has 1 N–H and O–H groups in total. The molecule has 102 valence electrons. The van der Waals surface area contributed by atoms with E-state index in [4.69, 9.17) is 16.0 Å². The number of benzene rings is 1. The molecule has 0 spiro atoms. The summed E-state index contributed by atoms with van der Waals surface area (Å²) in [5, 5.41) is 4.20. The fraction of sp³-hybridized carbons (Fsp3) is 0.375. The van der Waals surface area contributed by atoms with E-state index in [-0.39, 0.29) is 0 Å². The maximum atomic E-state index is 5.88. The molecule has 0 aliphatic rings. The first-order chi connectivity index (χ1) is 9.19. The topological polar surface area (TPSA) is 25.2 Å². The Hall–Kier alpha value is -1.25. The first-order valence-electron chi connectivity index (χ1n) is 6.77. The zero-order valence-corrected chi connectivity index (χ0v) is 12.2. The number of hydrogen-bond donors (Lipinski definition) is 1. The fourth-order valence-electron chi connectivity index (χ4n) is 2.02. The lowest BCUT2D eigenvalue weighted by molar-refractivity contribution is 0.464. The highest BCUT2D eigenvalue weighted by Gasteiger charge is 2.08. The van der Waals surface area contributed by atoms with Crippen LogP contribution in [0.2, 0.25) is 5.02 Å². The van der Waals surface area contributed by atoms with E-state index in [9.17, 15) is 0 Å². The second-order valence-corrected chi connectivity index (χ2v) is 5.27. The highest BCUT2D eigenvalue weighted by atomic mass is 35.5. The fourth-order valence-corrected chi connectivity index (χ4v) is 2.15. The van der Waals surface area contributed by atoms with Gasteiger partial charge in [-0.3, -0.25) is 0 Å². The molecule has 19 heavy (non-hydrogen) atoms. The standard InChI is InChI=1S/C16H20ClNO/c1-3-10-18-12(2)11-15-8-9-16(19-15)13-4-6-14(17)7-5-13/h4-9,12,18H,3,10-11H2,1-2H3. The molecule has 3 heteroatoms. The molecule has 1 unspecified atom stereocenters. The molecular weight excluding hydrogens is 258 g/mol. The van der Waals surface area contributed by atoms with Gasteiger partial charge in [-0.2, -0.15) is 0 Å². The first kappa shape index (κ1) is 14.2. The molecule has 1 aromatic carbocycles. The Morgan fingerprint density at radius 2 is 1.89 bits per heavy atom. The second-order valence-electron chi connectivity index (χ2n) is 4.83. The molecule has 1 aromatic heterocycles. The normalized spacial score (nSPS) is 12.6. The largest absolute Gasteiger partial charge is 0.461 e. The molecule has 1 heterocycles. The average Bonchev–Trinajstić information content (AvgIpc) is 2.85. The minimum atomic E-state index is 0.434. The van der Waals surface area contributed by atoms with E-state index < -0.39 is 0 Å². The Bertz CT molecular complexity index is 504. The van der Waals surface area contributed by atoms with Crippen molar-refractivity contribution in [3.63, 3.8) is 0 Å². The van der Waals surface area contributed by atoms with Crippen LogP contribution in [0.5, 0.6) is 0 Å². The van der Waals surface area contributed by atoms with Gasteiger partial charge in [0.2, 0.25) is 0 Å². The van der Waals surface area contributed by atoms with E-state index in [2.05, 4.69) is 19.2 Å². The molecule has 0 radical (unpaired) electrons. The summed E-state index contributed by atoms with van der Waals surface area (Å²) in [6, 6.07) is 12.2. The summed E-state index contributed by atoms with van der Waals surface area (Å²) < 4.78 is 5.88. The van der Waals surface area contributed by atoms with Gasteiger partial charge in [0.05, 0.1) is 0 Å². The van der Waals surface area contributed by atoms with Crippen molar-refractivity contribution >= 4 is 11.6 Å². The number of nitrogens with one attached hydrogen (secondary N) is 1. The van der Waals surface area contributed by atoms with Crippen LogP contribution in [0.4, 0.5) is 0 Å². The van der Waals surface area contributed by atoms with Crippen LogP contribution in [0.1, 0.15) is 26.0 Å². The number of halogens is 1. The summed E-state index contributed by atoms with van der Waals surface area (Å²) in [6.07, 6.45) is 2.06. The number of rotatable bonds is 6.